The highest BCUT2D eigenvalue weighted by Gasteiger charge is 2.25. The SMILES string of the molecule is CCC(NC1CCc2cc(Br)ccc21)c1ncc[nH]1. The van der Waals surface area contributed by atoms with Crippen LogP contribution in [-0.4, -0.2) is 9.97 Å². The number of imidazole rings is 1. The Bertz CT molecular complexity index is 551. The molecule has 100 valence electrons. The summed E-state index contributed by atoms with van der Waals surface area (Å²) in [5, 5.41) is 3.73. The predicted molar refractivity (Wildman–Crippen MR) is 80.0 cm³/mol. The largest absolute Gasteiger partial charge is 0.347 e. The van der Waals surface area contributed by atoms with Crippen molar-refractivity contribution in [1.82, 2.24) is 15.3 Å². The normalized spacial score (nSPS) is 19.4. The van der Waals surface area contributed by atoms with Crippen LogP contribution in [0.25, 0.3) is 0 Å². The second kappa shape index (κ2) is 5.47. The summed E-state index contributed by atoms with van der Waals surface area (Å²) in [6.45, 7) is 2.19. The molecule has 2 N–H and O–H groups in total. The van der Waals surface area contributed by atoms with Crippen molar-refractivity contribution < 1.29 is 0 Å². The minimum atomic E-state index is 0.301. The van der Waals surface area contributed by atoms with Crippen LogP contribution >= 0.6 is 15.9 Å². The van der Waals surface area contributed by atoms with Gasteiger partial charge in [0, 0.05) is 22.9 Å². The summed E-state index contributed by atoms with van der Waals surface area (Å²) in [5.41, 5.74) is 2.90. The molecular formula is C15H18BrN3. The van der Waals surface area contributed by atoms with Gasteiger partial charge >= 0.3 is 0 Å². The third kappa shape index (κ3) is 2.60. The molecule has 0 aliphatic heterocycles. The molecule has 1 aromatic carbocycles. The van der Waals surface area contributed by atoms with Crippen LogP contribution in [-0.2, 0) is 6.42 Å². The van der Waals surface area contributed by atoms with E-state index in [2.05, 4.69) is 56.3 Å². The Kier molecular flexibility index (Phi) is 3.71. The van der Waals surface area contributed by atoms with Gasteiger partial charge in [0.05, 0.1) is 6.04 Å². The summed E-state index contributed by atoms with van der Waals surface area (Å²) < 4.78 is 1.17. The molecule has 1 heterocycles. The Morgan fingerprint density at radius 3 is 3.16 bits per heavy atom. The van der Waals surface area contributed by atoms with E-state index in [1.165, 1.54) is 22.0 Å². The van der Waals surface area contributed by atoms with Gasteiger partial charge in [0.25, 0.3) is 0 Å². The van der Waals surface area contributed by atoms with E-state index < -0.39 is 0 Å². The zero-order valence-electron chi connectivity index (χ0n) is 11.0. The smallest absolute Gasteiger partial charge is 0.123 e. The Labute approximate surface area is 122 Å². The number of hydrogen-bond acceptors (Lipinski definition) is 2. The van der Waals surface area contributed by atoms with Gasteiger partial charge in [-0.15, -0.1) is 0 Å². The fraction of sp³-hybridized carbons (Fsp3) is 0.400. The molecule has 1 aromatic heterocycles. The van der Waals surface area contributed by atoms with Crippen molar-refractivity contribution in [2.45, 2.75) is 38.3 Å². The monoisotopic (exact) mass is 319 g/mol. The van der Waals surface area contributed by atoms with E-state index in [1.807, 2.05) is 12.4 Å². The number of rotatable bonds is 4. The number of halogens is 1. The molecule has 2 aromatic rings. The molecule has 2 atom stereocenters. The first kappa shape index (κ1) is 12.9. The first-order valence-corrected chi connectivity index (χ1v) is 7.61. The van der Waals surface area contributed by atoms with E-state index in [0.717, 1.165) is 18.7 Å². The summed E-state index contributed by atoms with van der Waals surface area (Å²) >= 11 is 3.55. The highest BCUT2D eigenvalue weighted by Crippen LogP contribution is 2.34. The second-order valence-corrected chi connectivity index (χ2v) is 5.95. The Morgan fingerprint density at radius 2 is 2.42 bits per heavy atom. The maximum Gasteiger partial charge on any atom is 0.123 e. The van der Waals surface area contributed by atoms with Crippen LogP contribution in [0.1, 0.15) is 48.8 Å². The number of H-pyrrole nitrogens is 1. The topological polar surface area (TPSA) is 40.7 Å². The van der Waals surface area contributed by atoms with Gasteiger partial charge in [-0.3, -0.25) is 0 Å². The molecular weight excluding hydrogens is 302 g/mol. The summed E-state index contributed by atoms with van der Waals surface area (Å²) in [4.78, 5) is 7.59. The molecule has 3 nitrogen and oxygen atoms in total. The number of aromatic nitrogens is 2. The van der Waals surface area contributed by atoms with Crippen molar-refractivity contribution in [3.8, 4) is 0 Å². The van der Waals surface area contributed by atoms with E-state index in [4.69, 9.17) is 0 Å². The quantitative estimate of drug-likeness (QED) is 0.897. The zero-order chi connectivity index (χ0) is 13.2. The van der Waals surface area contributed by atoms with Crippen molar-refractivity contribution in [2.24, 2.45) is 0 Å². The van der Waals surface area contributed by atoms with Gasteiger partial charge in [-0.25, -0.2) is 4.98 Å². The second-order valence-electron chi connectivity index (χ2n) is 5.04. The molecule has 19 heavy (non-hydrogen) atoms. The number of aryl methyl sites for hydroxylation is 1. The zero-order valence-corrected chi connectivity index (χ0v) is 12.6. The third-order valence-corrected chi connectivity index (χ3v) is 4.34. The maximum atomic E-state index is 4.37. The number of benzene rings is 1. The van der Waals surface area contributed by atoms with Gasteiger partial charge in [-0.1, -0.05) is 28.9 Å². The minimum absolute atomic E-state index is 0.301. The summed E-state index contributed by atoms with van der Waals surface area (Å²) in [5.74, 6) is 1.04. The molecule has 4 heteroatoms. The van der Waals surface area contributed by atoms with Crippen molar-refractivity contribution in [3.63, 3.8) is 0 Å². The van der Waals surface area contributed by atoms with Crippen LogP contribution in [0.2, 0.25) is 0 Å². The average Bonchev–Trinajstić information content (AvgIpc) is 3.05. The summed E-state index contributed by atoms with van der Waals surface area (Å²) in [6.07, 6.45) is 7.07. The number of hydrogen-bond donors (Lipinski definition) is 2. The standard InChI is InChI=1S/C15H18BrN3/c1-2-13(15-17-7-8-18-15)19-14-6-3-10-9-11(16)4-5-12(10)14/h4-5,7-9,13-14,19H,2-3,6H2,1H3,(H,17,18). The van der Waals surface area contributed by atoms with E-state index in [0.29, 0.717) is 12.1 Å². The molecule has 0 spiro atoms. The summed E-state index contributed by atoms with van der Waals surface area (Å²) in [6, 6.07) is 7.35. The number of aromatic amines is 1. The van der Waals surface area contributed by atoms with E-state index >= 15 is 0 Å². The third-order valence-electron chi connectivity index (χ3n) is 3.84. The van der Waals surface area contributed by atoms with Gasteiger partial charge in [0.1, 0.15) is 5.82 Å². The molecule has 1 aliphatic rings. The summed E-state index contributed by atoms with van der Waals surface area (Å²) in [7, 11) is 0. The fourth-order valence-corrected chi connectivity index (χ4v) is 3.27. The van der Waals surface area contributed by atoms with Crippen LogP contribution in [0.5, 0.6) is 0 Å². The van der Waals surface area contributed by atoms with Crippen LogP contribution in [0.4, 0.5) is 0 Å². The molecule has 2 unspecified atom stereocenters. The highest BCUT2D eigenvalue weighted by molar-refractivity contribution is 9.10. The maximum absolute atomic E-state index is 4.37. The molecule has 3 rings (SSSR count). The van der Waals surface area contributed by atoms with Crippen LogP contribution in [0, 0.1) is 0 Å². The van der Waals surface area contributed by atoms with Crippen molar-refractivity contribution >= 4 is 15.9 Å². The molecule has 0 saturated carbocycles. The molecule has 0 bridgehead atoms. The van der Waals surface area contributed by atoms with Gasteiger partial charge in [0.15, 0.2) is 0 Å². The Morgan fingerprint density at radius 1 is 1.53 bits per heavy atom. The molecule has 0 radical (unpaired) electrons. The predicted octanol–water partition coefficient (Wildman–Crippen LogP) is 3.90. The van der Waals surface area contributed by atoms with Gasteiger partial charge in [-0.05, 0) is 42.5 Å². The lowest BCUT2D eigenvalue weighted by molar-refractivity contribution is 0.420. The lowest BCUT2D eigenvalue weighted by atomic mass is 10.1. The molecule has 1 aliphatic carbocycles. The average molecular weight is 320 g/mol. The van der Waals surface area contributed by atoms with Crippen LogP contribution in [0.15, 0.2) is 35.1 Å². The number of nitrogens with zero attached hydrogens (tertiary/aromatic N) is 1. The van der Waals surface area contributed by atoms with E-state index in [9.17, 15) is 0 Å². The molecule has 0 amide bonds. The minimum Gasteiger partial charge on any atom is -0.347 e. The highest BCUT2D eigenvalue weighted by atomic mass is 79.9. The number of nitrogens with one attached hydrogen (secondary N) is 2. The van der Waals surface area contributed by atoms with Gasteiger partial charge in [0.2, 0.25) is 0 Å². The Hall–Kier alpha value is -1.13. The Balaban J connectivity index is 1.79. The van der Waals surface area contributed by atoms with Gasteiger partial charge in [-0.2, -0.15) is 0 Å². The lowest BCUT2D eigenvalue weighted by Crippen LogP contribution is -2.25. The van der Waals surface area contributed by atoms with Crippen molar-refractivity contribution in [1.29, 1.82) is 0 Å². The van der Waals surface area contributed by atoms with Crippen molar-refractivity contribution in [2.75, 3.05) is 0 Å². The first-order chi connectivity index (χ1) is 9.28. The van der Waals surface area contributed by atoms with Crippen molar-refractivity contribution in [3.05, 3.63) is 52.0 Å². The molecule has 0 fully saturated rings. The van der Waals surface area contributed by atoms with Crippen LogP contribution in [0.3, 0.4) is 0 Å². The van der Waals surface area contributed by atoms with Crippen LogP contribution < -0.4 is 5.32 Å². The first-order valence-electron chi connectivity index (χ1n) is 6.81. The fourth-order valence-electron chi connectivity index (χ4n) is 2.86. The molecule has 0 saturated heterocycles. The van der Waals surface area contributed by atoms with E-state index in [1.54, 1.807) is 0 Å². The van der Waals surface area contributed by atoms with E-state index in [-0.39, 0.29) is 0 Å². The number of fused-ring (bicyclic) bond motifs is 1. The van der Waals surface area contributed by atoms with Gasteiger partial charge < -0.3 is 10.3 Å². The lowest BCUT2D eigenvalue weighted by Gasteiger charge is -2.21.